The Labute approximate surface area is 89.9 Å². The van der Waals surface area contributed by atoms with Crippen LogP contribution in [0.15, 0.2) is 18.5 Å². The zero-order chi connectivity index (χ0) is 9.86. The molecule has 1 fully saturated rings. The van der Waals surface area contributed by atoms with Gasteiger partial charge in [-0.3, -0.25) is 0 Å². The third kappa shape index (κ3) is 2.15. The maximum atomic E-state index is 3.54. The van der Waals surface area contributed by atoms with Crippen LogP contribution in [0.3, 0.4) is 0 Å². The summed E-state index contributed by atoms with van der Waals surface area (Å²) in [6.45, 7) is 2.14. The highest BCUT2D eigenvalue weighted by atomic mass is 32.2. The summed E-state index contributed by atoms with van der Waals surface area (Å²) in [5, 5.41) is 3.54. The van der Waals surface area contributed by atoms with E-state index >= 15 is 0 Å². The molecule has 2 N–H and O–H groups in total. The van der Waals surface area contributed by atoms with Crippen molar-refractivity contribution in [2.24, 2.45) is 0 Å². The first-order valence-corrected chi connectivity index (χ1v) is 6.45. The van der Waals surface area contributed by atoms with E-state index in [1.807, 2.05) is 18.0 Å². The molecule has 1 aromatic rings. The number of aromatic nitrogens is 1. The monoisotopic (exact) mass is 210 g/mol. The average molecular weight is 210 g/mol. The van der Waals surface area contributed by atoms with Crippen LogP contribution in [0, 0.1) is 0 Å². The number of aromatic amines is 1. The quantitative estimate of drug-likeness (QED) is 0.781. The molecule has 0 radical (unpaired) electrons. The second-order valence-electron chi connectivity index (χ2n) is 4.06. The van der Waals surface area contributed by atoms with Crippen LogP contribution in [0.1, 0.15) is 24.8 Å². The average Bonchev–Trinajstić information content (AvgIpc) is 2.62. The highest BCUT2D eigenvalue weighted by molar-refractivity contribution is 8.00. The molecular formula is C11H18N2S. The topological polar surface area (TPSA) is 27.8 Å². The number of hydrogen-bond donors (Lipinski definition) is 2. The SMILES string of the molecule is CSC1(CNCc2cc[nH]c2)CCC1. The molecule has 2 rings (SSSR count). The molecule has 78 valence electrons. The van der Waals surface area contributed by atoms with Gasteiger partial charge in [0.2, 0.25) is 0 Å². The molecule has 0 spiro atoms. The number of rotatable bonds is 5. The van der Waals surface area contributed by atoms with E-state index in [0.717, 1.165) is 13.1 Å². The molecule has 0 unspecified atom stereocenters. The number of hydrogen-bond acceptors (Lipinski definition) is 2. The first-order valence-electron chi connectivity index (χ1n) is 5.22. The van der Waals surface area contributed by atoms with E-state index in [0.29, 0.717) is 4.75 Å². The summed E-state index contributed by atoms with van der Waals surface area (Å²) < 4.78 is 0.552. The van der Waals surface area contributed by atoms with Crippen molar-refractivity contribution in [3.63, 3.8) is 0 Å². The second-order valence-corrected chi connectivity index (χ2v) is 5.34. The van der Waals surface area contributed by atoms with Crippen molar-refractivity contribution in [3.8, 4) is 0 Å². The fraction of sp³-hybridized carbons (Fsp3) is 0.636. The van der Waals surface area contributed by atoms with Gasteiger partial charge in [0.05, 0.1) is 0 Å². The molecule has 0 aromatic carbocycles. The van der Waals surface area contributed by atoms with Crippen molar-refractivity contribution in [2.45, 2.75) is 30.6 Å². The maximum Gasteiger partial charge on any atom is 0.0281 e. The van der Waals surface area contributed by atoms with Crippen LogP contribution in [0.4, 0.5) is 0 Å². The van der Waals surface area contributed by atoms with Crippen LogP contribution in [-0.2, 0) is 6.54 Å². The lowest BCUT2D eigenvalue weighted by atomic mass is 9.84. The molecule has 1 heterocycles. The summed E-state index contributed by atoms with van der Waals surface area (Å²) in [4.78, 5) is 3.07. The number of thioether (sulfide) groups is 1. The van der Waals surface area contributed by atoms with Gasteiger partial charge in [-0.25, -0.2) is 0 Å². The summed E-state index contributed by atoms with van der Waals surface area (Å²) in [7, 11) is 0. The van der Waals surface area contributed by atoms with Crippen LogP contribution in [0.25, 0.3) is 0 Å². The fourth-order valence-electron chi connectivity index (χ4n) is 1.93. The van der Waals surface area contributed by atoms with Crippen LogP contribution < -0.4 is 5.32 Å². The van der Waals surface area contributed by atoms with E-state index in [1.54, 1.807) is 0 Å². The maximum absolute atomic E-state index is 3.54. The molecule has 3 heteroatoms. The summed E-state index contributed by atoms with van der Waals surface area (Å²) in [6.07, 6.45) is 10.4. The molecule has 0 bridgehead atoms. The van der Waals surface area contributed by atoms with E-state index in [-0.39, 0.29) is 0 Å². The molecule has 1 aromatic heterocycles. The molecule has 0 amide bonds. The van der Waals surface area contributed by atoms with Crippen molar-refractivity contribution in [3.05, 3.63) is 24.0 Å². The summed E-state index contributed by atoms with van der Waals surface area (Å²) in [5.74, 6) is 0. The Bertz CT molecular complexity index is 259. The van der Waals surface area contributed by atoms with Crippen LogP contribution in [0.2, 0.25) is 0 Å². The van der Waals surface area contributed by atoms with Crippen LogP contribution >= 0.6 is 11.8 Å². The van der Waals surface area contributed by atoms with Gasteiger partial charge in [-0.15, -0.1) is 0 Å². The lowest BCUT2D eigenvalue weighted by Gasteiger charge is -2.40. The summed E-state index contributed by atoms with van der Waals surface area (Å²) >= 11 is 2.03. The van der Waals surface area contributed by atoms with E-state index in [1.165, 1.54) is 24.8 Å². The van der Waals surface area contributed by atoms with E-state index in [2.05, 4.69) is 28.8 Å². The molecule has 1 saturated carbocycles. The Kier molecular flexibility index (Phi) is 3.19. The van der Waals surface area contributed by atoms with Crippen LogP contribution in [0.5, 0.6) is 0 Å². The largest absolute Gasteiger partial charge is 0.367 e. The highest BCUT2D eigenvalue weighted by Crippen LogP contribution is 2.42. The van der Waals surface area contributed by atoms with Gasteiger partial charge in [0, 0.05) is 30.2 Å². The first kappa shape index (κ1) is 10.1. The Hall–Kier alpha value is -0.410. The van der Waals surface area contributed by atoms with Gasteiger partial charge in [0.15, 0.2) is 0 Å². The molecule has 14 heavy (non-hydrogen) atoms. The lowest BCUT2D eigenvalue weighted by Crippen LogP contribution is -2.43. The smallest absolute Gasteiger partial charge is 0.0281 e. The minimum absolute atomic E-state index is 0.552. The van der Waals surface area contributed by atoms with Crippen LogP contribution in [-0.4, -0.2) is 22.5 Å². The summed E-state index contributed by atoms with van der Waals surface area (Å²) in [6, 6.07) is 2.12. The molecule has 1 aliphatic carbocycles. The second kappa shape index (κ2) is 4.41. The van der Waals surface area contributed by atoms with E-state index in [9.17, 15) is 0 Å². The first-order chi connectivity index (χ1) is 6.85. The summed E-state index contributed by atoms with van der Waals surface area (Å²) in [5.41, 5.74) is 1.35. The van der Waals surface area contributed by atoms with Crippen molar-refractivity contribution in [1.29, 1.82) is 0 Å². The fourth-order valence-corrected chi connectivity index (χ4v) is 2.87. The number of H-pyrrole nitrogens is 1. The van der Waals surface area contributed by atoms with Gasteiger partial charge >= 0.3 is 0 Å². The van der Waals surface area contributed by atoms with Gasteiger partial charge in [-0.1, -0.05) is 6.42 Å². The van der Waals surface area contributed by atoms with Gasteiger partial charge in [-0.2, -0.15) is 11.8 Å². The van der Waals surface area contributed by atoms with Gasteiger partial charge in [0.25, 0.3) is 0 Å². The van der Waals surface area contributed by atoms with E-state index in [4.69, 9.17) is 0 Å². The molecule has 2 nitrogen and oxygen atoms in total. The molecular weight excluding hydrogens is 192 g/mol. The minimum Gasteiger partial charge on any atom is -0.367 e. The predicted octanol–water partition coefficient (Wildman–Crippen LogP) is 2.39. The van der Waals surface area contributed by atoms with Crippen molar-refractivity contribution >= 4 is 11.8 Å². The van der Waals surface area contributed by atoms with E-state index < -0.39 is 0 Å². The Morgan fingerprint density at radius 1 is 1.57 bits per heavy atom. The molecule has 0 saturated heterocycles. The lowest BCUT2D eigenvalue weighted by molar-refractivity contribution is 0.345. The zero-order valence-corrected chi connectivity index (χ0v) is 9.49. The Morgan fingerprint density at radius 3 is 2.93 bits per heavy atom. The third-order valence-electron chi connectivity index (χ3n) is 3.14. The zero-order valence-electron chi connectivity index (χ0n) is 8.68. The number of nitrogens with one attached hydrogen (secondary N) is 2. The Morgan fingerprint density at radius 2 is 2.43 bits per heavy atom. The third-order valence-corrected chi connectivity index (χ3v) is 4.56. The highest BCUT2D eigenvalue weighted by Gasteiger charge is 2.35. The Balaban J connectivity index is 1.72. The van der Waals surface area contributed by atoms with Gasteiger partial charge in [0.1, 0.15) is 0 Å². The molecule has 0 aliphatic heterocycles. The van der Waals surface area contributed by atoms with Crippen molar-refractivity contribution in [2.75, 3.05) is 12.8 Å². The molecule has 1 aliphatic rings. The van der Waals surface area contributed by atoms with Crippen molar-refractivity contribution in [1.82, 2.24) is 10.3 Å². The van der Waals surface area contributed by atoms with Crippen molar-refractivity contribution < 1.29 is 0 Å². The van der Waals surface area contributed by atoms with Gasteiger partial charge in [-0.05, 0) is 30.7 Å². The van der Waals surface area contributed by atoms with Gasteiger partial charge < -0.3 is 10.3 Å². The normalized spacial score (nSPS) is 19.2. The molecule has 0 atom stereocenters. The standard InChI is InChI=1S/C11H18N2S/c1-14-11(4-2-5-11)9-13-8-10-3-6-12-7-10/h3,6-7,12-13H,2,4-5,8-9H2,1H3. The predicted molar refractivity (Wildman–Crippen MR) is 62.6 cm³/mol. The minimum atomic E-state index is 0.552.